The number of aromatic nitrogens is 4. The third kappa shape index (κ3) is 5.72. The van der Waals surface area contributed by atoms with Crippen LogP contribution < -0.4 is 5.32 Å². The molecule has 6 aromatic heterocycles. The van der Waals surface area contributed by atoms with Crippen molar-refractivity contribution >= 4 is 66.3 Å². The molecule has 0 amide bonds. The molecule has 2 aliphatic rings. The normalized spacial score (nSPS) is 17.2. The summed E-state index contributed by atoms with van der Waals surface area (Å²) in [5.74, 6) is 0.216. The van der Waals surface area contributed by atoms with Gasteiger partial charge in [-0.1, -0.05) is 47.5 Å². The van der Waals surface area contributed by atoms with E-state index in [0.29, 0.717) is 0 Å². The van der Waals surface area contributed by atoms with Crippen LogP contribution in [0.2, 0.25) is 0 Å². The van der Waals surface area contributed by atoms with Crippen LogP contribution in [0.25, 0.3) is 64.5 Å². The molecule has 292 valence electrons. The molecule has 6 nitrogen and oxygen atoms in total. The Morgan fingerprint density at radius 2 is 1.32 bits per heavy atom. The van der Waals surface area contributed by atoms with Crippen LogP contribution in [0.5, 0.6) is 0 Å². The van der Waals surface area contributed by atoms with Crippen LogP contribution >= 0.6 is 22.7 Å². The van der Waals surface area contributed by atoms with E-state index >= 15 is 0 Å². The van der Waals surface area contributed by atoms with E-state index in [-0.39, 0.29) is 12.0 Å². The summed E-state index contributed by atoms with van der Waals surface area (Å²) in [6, 6.07) is 37.2. The second-order valence-electron chi connectivity index (χ2n) is 17.1. The fourth-order valence-electron chi connectivity index (χ4n) is 10.3. The van der Waals surface area contributed by atoms with Crippen molar-refractivity contribution in [3.8, 4) is 20.9 Å². The predicted octanol–water partition coefficient (Wildman–Crippen LogP) is 12.1. The van der Waals surface area contributed by atoms with Gasteiger partial charge in [0, 0.05) is 117 Å². The zero-order valence-electron chi connectivity index (χ0n) is 33.8. The number of hydrogen-bond acceptors (Lipinski definition) is 4. The molecule has 8 heterocycles. The van der Waals surface area contributed by atoms with Crippen molar-refractivity contribution < 1.29 is 0 Å². The van der Waals surface area contributed by atoms with Crippen LogP contribution in [0.1, 0.15) is 61.6 Å². The molecule has 59 heavy (non-hydrogen) atoms. The van der Waals surface area contributed by atoms with Crippen molar-refractivity contribution in [3.05, 3.63) is 164 Å². The Bertz CT molecular complexity index is 3270. The smallest absolute Gasteiger partial charge is 0.0746 e. The lowest BCUT2D eigenvalue weighted by molar-refractivity contribution is 0.234. The third-order valence-corrected chi connectivity index (χ3v) is 15.4. The van der Waals surface area contributed by atoms with Gasteiger partial charge in [0.05, 0.1) is 6.04 Å². The molecule has 0 aliphatic carbocycles. The summed E-state index contributed by atoms with van der Waals surface area (Å²) in [4.78, 5) is 14.7. The van der Waals surface area contributed by atoms with Gasteiger partial charge in [0.15, 0.2) is 0 Å². The molecule has 8 heteroatoms. The molecule has 2 atom stereocenters. The van der Waals surface area contributed by atoms with Gasteiger partial charge < -0.3 is 24.4 Å². The Morgan fingerprint density at radius 1 is 0.661 bits per heavy atom. The number of thiophene rings is 2. The first-order valence-corrected chi connectivity index (χ1v) is 22.5. The Hall–Kier alpha value is -5.64. The number of H-pyrrole nitrogens is 2. The van der Waals surface area contributed by atoms with Gasteiger partial charge in [-0.05, 0) is 130 Å². The van der Waals surface area contributed by atoms with Crippen LogP contribution in [-0.4, -0.2) is 37.1 Å². The highest BCUT2D eigenvalue weighted by molar-refractivity contribution is 7.15. The first kappa shape index (κ1) is 35.3. The Balaban J connectivity index is 0.972. The van der Waals surface area contributed by atoms with Crippen LogP contribution in [0.4, 0.5) is 0 Å². The number of aromatic amines is 2. The first-order chi connectivity index (χ1) is 28.8. The van der Waals surface area contributed by atoms with Gasteiger partial charge in [0.25, 0.3) is 0 Å². The maximum absolute atomic E-state index is 3.99. The fourth-order valence-corrected chi connectivity index (χ4v) is 12.5. The summed E-state index contributed by atoms with van der Waals surface area (Å²) >= 11 is 3.85. The molecule has 4 aromatic carbocycles. The zero-order valence-corrected chi connectivity index (χ0v) is 35.5. The van der Waals surface area contributed by atoms with E-state index in [0.717, 1.165) is 32.6 Å². The topological polar surface area (TPSA) is 56.7 Å². The van der Waals surface area contributed by atoms with E-state index in [9.17, 15) is 0 Å². The van der Waals surface area contributed by atoms with Crippen molar-refractivity contribution in [2.24, 2.45) is 14.1 Å². The van der Waals surface area contributed by atoms with E-state index in [4.69, 9.17) is 0 Å². The highest BCUT2D eigenvalue weighted by Crippen LogP contribution is 2.46. The standard InChI is InChI=1S/C51H46N6S2/c1-29-5-11-43-38(21-29)36-13-17-52-48(49(36)54-43)40-25-35(59-51(40)34-10-8-32-15-19-56(4)46(32)24-34)26-57-27-41(47-42(28-57)39-22-30(2)6-12-44(39)53-47)37-16-20-58-50(37)33-9-7-31-14-18-55(3)45(31)23-33/h5-12,14-16,18-25,41,48,52-54H,13,17,26-28H2,1-4H3. The van der Waals surface area contributed by atoms with Gasteiger partial charge in [-0.25, -0.2) is 0 Å². The van der Waals surface area contributed by atoms with Crippen LogP contribution in [-0.2, 0) is 33.6 Å². The van der Waals surface area contributed by atoms with Gasteiger partial charge in [0.1, 0.15) is 0 Å². The zero-order chi connectivity index (χ0) is 39.5. The molecular weight excluding hydrogens is 761 g/mol. The molecule has 0 spiro atoms. The van der Waals surface area contributed by atoms with Crippen molar-refractivity contribution in [3.63, 3.8) is 0 Å². The highest BCUT2D eigenvalue weighted by atomic mass is 32.1. The van der Waals surface area contributed by atoms with Crippen molar-refractivity contribution in [2.45, 2.75) is 45.3 Å². The van der Waals surface area contributed by atoms with E-state index in [1.807, 2.05) is 22.7 Å². The molecule has 0 saturated heterocycles. The number of benzene rings is 4. The maximum Gasteiger partial charge on any atom is 0.0746 e. The number of fused-ring (bicyclic) bond motifs is 8. The number of nitrogens with zero attached hydrogens (tertiary/aromatic N) is 3. The summed E-state index contributed by atoms with van der Waals surface area (Å²) in [5, 5.41) is 11.6. The number of aryl methyl sites for hydroxylation is 4. The van der Waals surface area contributed by atoms with E-state index in [1.165, 1.54) is 114 Å². The third-order valence-electron chi connectivity index (χ3n) is 13.2. The average Bonchev–Trinajstić information content (AvgIpc) is 4.12. The van der Waals surface area contributed by atoms with Gasteiger partial charge in [-0.15, -0.1) is 22.7 Å². The molecular formula is C51H46N6S2. The van der Waals surface area contributed by atoms with E-state index in [2.05, 4.69) is 172 Å². The summed E-state index contributed by atoms with van der Waals surface area (Å²) in [5.41, 5.74) is 18.6. The summed E-state index contributed by atoms with van der Waals surface area (Å²) in [7, 11) is 4.30. The minimum Gasteiger partial charge on any atom is -0.358 e. The summed E-state index contributed by atoms with van der Waals surface area (Å²) in [6.07, 6.45) is 5.36. The molecule has 0 saturated carbocycles. The van der Waals surface area contributed by atoms with Gasteiger partial charge in [-0.2, -0.15) is 0 Å². The van der Waals surface area contributed by atoms with Crippen molar-refractivity contribution in [1.82, 2.24) is 29.3 Å². The Morgan fingerprint density at radius 3 is 2.03 bits per heavy atom. The van der Waals surface area contributed by atoms with Gasteiger partial charge >= 0.3 is 0 Å². The van der Waals surface area contributed by atoms with Crippen LogP contribution in [0.15, 0.2) is 115 Å². The molecule has 0 radical (unpaired) electrons. The molecule has 0 bridgehead atoms. The molecule has 0 fully saturated rings. The highest BCUT2D eigenvalue weighted by Gasteiger charge is 2.34. The predicted molar refractivity (Wildman–Crippen MR) is 248 cm³/mol. The number of nitrogens with one attached hydrogen (secondary N) is 3. The van der Waals surface area contributed by atoms with E-state index in [1.54, 1.807) is 0 Å². The van der Waals surface area contributed by atoms with Crippen LogP contribution in [0, 0.1) is 13.8 Å². The molecule has 10 aromatic rings. The maximum atomic E-state index is 3.99. The molecule has 2 aliphatic heterocycles. The number of hydrogen-bond donors (Lipinski definition) is 3. The second kappa shape index (κ2) is 13.4. The summed E-state index contributed by atoms with van der Waals surface area (Å²) < 4.78 is 4.48. The summed E-state index contributed by atoms with van der Waals surface area (Å²) in [6.45, 7) is 8.12. The first-order valence-electron chi connectivity index (χ1n) is 20.8. The van der Waals surface area contributed by atoms with Gasteiger partial charge in [-0.3, -0.25) is 4.90 Å². The largest absolute Gasteiger partial charge is 0.358 e. The minimum absolute atomic E-state index is 0.0859. The lowest BCUT2D eigenvalue weighted by Gasteiger charge is -2.33. The molecule has 2 unspecified atom stereocenters. The lowest BCUT2D eigenvalue weighted by atomic mass is 9.87. The quantitative estimate of drug-likeness (QED) is 0.157. The Labute approximate surface area is 351 Å². The molecule has 3 N–H and O–H groups in total. The monoisotopic (exact) mass is 806 g/mol. The Kier molecular flexibility index (Phi) is 8.05. The second-order valence-corrected chi connectivity index (χ2v) is 19.1. The minimum atomic E-state index is 0.0859. The average molecular weight is 807 g/mol. The van der Waals surface area contributed by atoms with E-state index < -0.39 is 0 Å². The SMILES string of the molecule is Cc1ccc2[nH]c3c(c2c1)CN(Cc1cc(C2NCCc4c2[nH]c2ccc(C)cc42)c(-c2ccc4ccn(C)c4c2)s1)CC3c1ccsc1-c1ccc2ccn(C)c2c1. The van der Waals surface area contributed by atoms with Crippen LogP contribution in [0.3, 0.4) is 0 Å². The molecule has 12 rings (SSSR count). The fraction of sp³-hybridized carbons (Fsp3) is 0.216. The van der Waals surface area contributed by atoms with Crippen molar-refractivity contribution in [2.75, 3.05) is 13.1 Å². The number of rotatable bonds is 6. The van der Waals surface area contributed by atoms with Gasteiger partial charge in [0.2, 0.25) is 0 Å². The van der Waals surface area contributed by atoms with Crippen molar-refractivity contribution in [1.29, 1.82) is 0 Å². The lowest BCUT2D eigenvalue weighted by Crippen LogP contribution is -2.33.